The molecule has 0 aromatic heterocycles. The Morgan fingerprint density at radius 2 is 1.63 bits per heavy atom. The average Bonchev–Trinajstić information content (AvgIpc) is 3.64. The summed E-state index contributed by atoms with van der Waals surface area (Å²) in [4.78, 5) is 54.2. The topological polar surface area (TPSA) is 86.8 Å². The summed E-state index contributed by atoms with van der Waals surface area (Å²) in [6.07, 6.45) is 3.55. The van der Waals surface area contributed by atoms with Gasteiger partial charge < -0.3 is 5.32 Å². The molecule has 3 aromatic carbocycles. The first kappa shape index (κ1) is 27.4. The van der Waals surface area contributed by atoms with Crippen molar-refractivity contribution in [2.24, 2.45) is 11.8 Å². The Morgan fingerprint density at radius 3 is 2.37 bits per heavy atom. The maximum absolute atomic E-state index is 13.4. The predicted molar refractivity (Wildman–Crippen MR) is 160 cm³/mol. The van der Waals surface area contributed by atoms with Gasteiger partial charge in [-0.2, -0.15) is 0 Å². The molecule has 1 saturated heterocycles. The van der Waals surface area contributed by atoms with Gasteiger partial charge >= 0.3 is 0 Å². The zero-order chi connectivity index (χ0) is 29.7. The van der Waals surface area contributed by atoms with E-state index >= 15 is 0 Å². The van der Waals surface area contributed by atoms with Gasteiger partial charge in [0.2, 0.25) is 0 Å². The number of carbonyl (C=O) groups excluding carboxylic acids is 4. The van der Waals surface area contributed by atoms with Crippen molar-refractivity contribution in [3.8, 4) is 0 Å². The second kappa shape index (κ2) is 11.0. The molecular weight excluding hydrogens is 545 g/mol. The first-order valence-electron chi connectivity index (χ1n) is 14.9. The van der Waals surface area contributed by atoms with Crippen LogP contribution in [-0.4, -0.2) is 52.3 Å². The molecule has 1 saturated carbocycles. The fourth-order valence-electron chi connectivity index (χ4n) is 7.09. The largest absolute Gasteiger partial charge is 0.380 e. The van der Waals surface area contributed by atoms with Crippen LogP contribution in [0.25, 0.3) is 5.57 Å². The monoisotopic (exact) mass is 577 g/mol. The summed E-state index contributed by atoms with van der Waals surface area (Å²) in [6, 6.07) is 19.5. The Bertz CT molecular complexity index is 1660. The minimum atomic E-state index is -0.881. The first-order valence-corrected chi connectivity index (χ1v) is 14.9. The van der Waals surface area contributed by atoms with Gasteiger partial charge in [-0.15, -0.1) is 0 Å². The summed E-state index contributed by atoms with van der Waals surface area (Å²) in [6.45, 7) is 3.41. The summed E-state index contributed by atoms with van der Waals surface area (Å²) in [5, 5.41) is 3.32. The summed E-state index contributed by atoms with van der Waals surface area (Å²) in [7, 11) is 0. The summed E-state index contributed by atoms with van der Waals surface area (Å²) < 4.78 is 13.3. The van der Waals surface area contributed by atoms with Crippen LogP contribution < -0.4 is 5.32 Å². The highest BCUT2D eigenvalue weighted by Gasteiger charge is 2.45. The molecule has 4 aliphatic rings. The number of hydrogen-bond acceptors (Lipinski definition) is 6. The van der Waals surface area contributed by atoms with Crippen molar-refractivity contribution in [2.45, 2.75) is 44.8 Å². The third-order valence-corrected chi connectivity index (χ3v) is 9.29. The number of fused-ring (bicyclic) bond motifs is 2. The fraction of sp³-hybridized carbons (Fsp3) is 0.314. The zero-order valence-corrected chi connectivity index (χ0v) is 23.7. The Labute approximate surface area is 249 Å². The highest BCUT2D eigenvalue weighted by atomic mass is 19.1. The van der Waals surface area contributed by atoms with Crippen LogP contribution in [0.2, 0.25) is 0 Å². The van der Waals surface area contributed by atoms with Crippen molar-refractivity contribution in [2.75, 3.05) is 18.4 Å². The molecule has 43 heavy (non-hydrogen) atoms. The lowest BCUT2D eigenvalue weighted by molar-refractivity contribution is -0.132. The maximum atomic E-state index is 13.4. The fourth-order valence-corrected chi connectivity index (χ4v) is 7.09. The van der Waals surface area contributed by atoms with E-state index in [1.54, 1.807) is 18.2 Å². The number of benzene rings is 3. The first-order chi connectivity index (χ1) is 20.8. The number of carbonyl (C=O) groups is 4. The molecule has 3 atom stereocenters. The van der Waals surface area contributed by atoms with Crippen LogP contribution >= 0.6 is 0 Å². The standard InChI is InChI=1S/C35H32FN3O4/c36-27-10-8-23(9-11-27)24-14-25-19-38(20-26(25)15-24)18-22-6-4-21(5-7-22)17-37-30-3-1-2-29-33(30)35(43)39(34(29)42)31-13-12-28(40)16-32(31)41/h1-11,14,25-26,31,37H,12-13,15-20H2/t25-,26+,31?/m0/s1. The number of nitrogens with zero attached hydrogens (tertiary/aromatic N) is 2. The Kier molecular flexibility index (Phi) is 7.01. The van der Waals surface area contributed by atoms with E-state index in [0.717, 1.165) is 42.1 Å². The molecule has 2 aliphatic carbocycles. The smallest absolute Gasteiger partial charge is 0.264 e. The lowest BCUT2D eigenvalue weighted by Gasteiger charge is -2.27. The number of halogens is 1. The van der Waals surface area contributed by atoms with Crippen LogP contribution in [0.3, 0.4) is 0 Å². The molecule has 7 nitrogen and oxygen atoms in total. The molecule has 218 valence electrons. The second-order valence-corrected chi connectivity index (χ2v) is 12.1. The van der Waals surface area contributed by atoms with Crippen molar-refractivity contribution in [1.82, 2.24) is 9.80 Å². The van der Waals surface area contributed by atoms with Gasteiger partial charge in [-0.05, 0) is 71.2 Å². The molecule has 0 bridgehead atoms. The van der Waals surface area contributed by atoms with Crippen molar-refractivity contribution >= 4 is 34.6 Å². The predicted octanol–water partition coefficient (Wildman–Crippen LogP) is 5.26. The molecule has 7 rings (SSSR count). The normalized spacial score (nSPS) is 23.5. The van der Waals surface area contributed by atoms with E-state index in [1.807, 2.05) is 12.1 Å². The molecule has 2 amide bonds. The number of amides is 2. The van der Waals surface area contributed by atoms with E-state index < -0.39 is 17.9 Å². The lowest BCUT2D eigenvalue weighted by Crippen LogP contribution is -2.47. The number of nitrogens with one attached hydrogen (secondary N) is 1. The van der Waals surface area contributed by atoms with Crippen molar-refractivity contribution in [3.05, 3.63) is 106 Å². The lowest BCUT2D eigenvalue weighted by atomic mass is 9.92. The van der Waals surface area contributed by atoms with Crippen LogP contribution in [-0.2, 0) is 22.7 Å². The van der Waals surface area contributed by atoms with Gasteiger partial charge in [-0.3, -0.25) is 29.0 Å². The molecule has 8 heteroatoms. The maximum Gasteiger partial charge on any atom is 0.264 e. The van der Waals surface area contributed by atoms with Crippen LogP contribution in [0.4, 0.5) is 10.1 Å². The van der Waals surface area contributed by atoms with E-state index in [1.165, 1.54) is 23.3 Å². The molecule has 2 aliphatic heterocycles. The molecule has 0 radical (unpaired) electrons. The van der Waals surface area contributed by atoms with Crippen LogP contribution in [0.1, 0.15) is 63.1 Å². The van der Waals surface area contributed by atoms with E-state index in [2.05, 4.69) is 40.6 Å². The van der Waals surface area contributed by atoms with E-state index in [9.17, 15) is 23.6 Å². The quantitative estimate of drug-likeness (QED) is 0.305. The zero-order valence-electron chi connectivity index (χ0n) is 23.7. The third kappa shape index (κ3) is 5.20. The van der Waals surface area contributed by atoms with Crippen LogP contribution in [0, 0.1) is 17.7 Å². The molecule has 2 heterocycles. The van der Waals surface area contributed by atoms with Gasteiger partial charge in [0.15, 0.2) is 5.78 Å². The molecule has 0 spiro atoms. The highest BCUT2D eigenvalue weighted by molar-refractivity contribution is 6.25. The van der Waals surface area contributed by atoms with Gasteiger partial charge in [-0.25, -0.2) is 4.39 Å². The third-order valence-electron chi connectivity index (χ3n) is 9.29. The summed E-state index contributed by atoms with van der Waals surface area (Å²) in [5.41, 5.74) is 5.85. The van der Waals surface area contributed by atoms with E-state index in [-0.39, 0.29) is 47.8 Å². The number of anilines is 1. The number of rotatable bonds is 7. The van der Waals surface area contributed by atoms with Crippen LogP contribution in [0.15, 0.2) is 72.8 Å². The van der Waals surface area contributed by atoms with Crippen LogP contribution in [0.5, 0.6) is 0 Å². The Hall–Kier alpha value is -4.43. The minimum Gasteiger partial charge on any atom is -0.380 e. The Balaban J connectivity index is 0.963. The number of imide groups is 1. The van der Waals surface area contributed by atoms with Gasteiger partial charge in [0.1, 0.15) is 11.6 Å². The van der Waals surface area contributed by atoms with Crippen molar-refractivity contribution in [1.29, 1.82) is 0 Å². The number of likely N-dealkylation sites (tertiary alicyclic amines) is 1. The number of ketones is 2. The molecule has 2 fully saturated rings. The second-order valence-electron chi connectivity index (χ2n) is 12.1. The SMILES string of the molecule is O=C1CCC(N2C(=O)c3cccc(NCc4ccc(CN5C[C@H]6CC(c7ccc(F)cc7)=C[C@H]6C5)cc4)c3C2=O)C(=O)C1. The van der Waals surface area contributed by atoms with E-state index in [4.69, 9.17) is 0 Å². The average molecular weight is 578 g/mol. The van der Waals surface area contributed by atoms with Crippen molar-refractivity contribution in [3.63, 3.8) is 0 Å². The summed E-state index contributed by atoms with van der Waals surface area (Å²) >= 11 is 0. The molecule has 3 aromatic rings. The van der Waals surface area contributed by atoms with Gasteiger partial charge in [0.25, 0.3) is 11.8 Å². The van der Waals surface area contributed by atoms with Crippen molar-refractivity contribution < 1.29 is 23.6 Å². The minimum absolute atomic E-state index is 0.150. The van der Waals surface area contributed by atoms with Gasteiger partial charge in [0.05, 0.1) is 23.6 Å². The van der Waals surface area contributed by atoms with Gasteiger partial charge in [0, 0.05) is 38.3 Å². The van der Waals surface area contributed by atoms with Gasteiger partial charge in [-0.1, -0.05) is 48.5 Å². The molecular formula is C35H32FN3O4. The highest BCUT2D eigenvalue weighted by Crippen LogP contribution is 2.41. The number of hydrogen-bond donors (Lipinski definition) is 1. The molecule has 1 unspecified atom stereocenters. The Morgan fingerprint density at radius 1 is 0.860 bits per heavy atom. The number of allylic oxidation sites excluding steroid dienone is 1. The number of Topliss-reactive ketones (excluding diaryl/α,β-unsaturated/α-hetero) is 2. The molecule has 1 N–H and O–H groups in total. The van der Waals surface area contributed by atoms with E-state index in [0.29, 0.717) is 24.1 Å². The summed E-state index contributed by atoms with van der Waals surface area (Å²) in [5.74, 6) is -0.561.